The Hall–Kier alpha value is -1.55. The Bertz CT molecular complexity index is 408. The fourth-order valence-corrected chi connectivity index (χ4v) is 2.08. The highest BCUT2D eigenvalue weighted by Gasteiger charge is 2.24. The predicted molar refractivity (Wildman–Crippen MR) is 68.8 cm³/mol. The van der Waals surface area contributed by atoms with Crippen LogP contribution in [0.4, 0.5) is 0 Å². The maximum atomic E-state index is 10.8. The quantitative estimate of drug-likeness (QED) is 0.833. The van der Waals surface area contributed by atoms with Crippen molar-refractivity contribution in [3.8, 4) is 5.75 Å². The van der Waals surface area contributed by atoms with E-state index in [9.17, 15) is 4.79 Å². The number of carboxylic acid groups (broad SMARTS) is 1. The maximum absolute atomic E-state index is 10.8. The molecule has 2 N–H and O–H groups in total. The lowest BCUT2D eigenvalue weighted by molar-refractivity contribution is -0.141. The fraction of sp³-hybridized carbons (Fsp3) is 0.500. The first-order valence-electron chi connectivity index (χ1n) is 6.28. The molecule has 0 spiro atoms. The van der Waals surface area contributed by atoms with Crippen molar-refractivity contribution >= 4 is 5.97 Å². The third-order valence-corrected chi connectivity index (χ3v) is 3.52. The summed E-state index contributed by atoms with van der Waals surface area (Å²) in [6.07, 6.45) is 0.989. The molecule has 2 rings (SSSR count). The molecule has 18 heavy (non-hydrogen) atoms. The molecule has 0 fully saturated rings. The summed E-state index contributed by atoms with van der Waals surface area (Å²) < 4.78 is 5.79. The van der Waals surface area contributed by atoms with Crippen molar-refractivity contribution in [2.24, 2.45) is 5.92 Å². The highest BCUT2D eigenvalue weighted by Crippen LogP contribution is 2.27. The number of benzene rings is 1. The second kappa shape index (κ2) is 5.40. The first-order chi connectivity index (χ1) is 8.58. The standard InChI is InChI=1S/C14H19NO3/c1-9(14(16)17)10(2)15-8-12-7-11-5-3-4-6-13(11)18-12/h3-6,9-10,12,15H,7-8H2,1-2H3,(H,16,17). The first-order valence-corrected chi connectivity index (χ1v) is 6.28. The molecule has 0 bridgehead atoms. The normalized spacial score (nSPS) is 20.9. The van der Waals surface area contributed by atoms with Gasteiger partial charge in [-0.15, -0.1) is 0 Å². The highest BCUT2D eigenvalue weighted by molar-refractivity contribution is 5.70. The zero-order valence-corrected chi connectivity index (χ0v) is 10.7. The van der Waals surface area contributed by atoms with Gasteiger partial charge in [-0.2, -0.15) is 0 Å². The van der Waals surface area contributed by atoms with Crippen LogP contribution in [0.1, 0.15) is 19.4 Å². The van der Waals surface area contributed by atoms with Crippen LogP contribution in [0.15, 0.2) is 24.3 Å². The predicted octanol–water partition coefficient (Wildman–Crippen LogP) is 1.69. The minimum absolute atomic E-state index is 0.0604. The average molecular weight is 249 g/mol. The van der Waals surface area contributed by atoms with Crippen molar-refractivity contribution in [3.63, 3.8) is 0 Å². The molecule has 0 saturated heterocycles. The molecule has 0 saturated carbocycles. The minimum atomic E-state index is -0.773. The van der Waals surface area contributed by atoms with Crippen LogP contribution in [0.3, 0.4) is 0 Å². The lowest BCUT2D eigenvalue weighted by Gasteiger charge is -2.20. The van der Waals surface area contributed by atoms with Gasteiger partial charge in [0.1, 0.15) is 11.9 Å². The number of ether oxygens (including phenoxy) is 1. The molecule has 4 heteroatoms. The van der Waals surface area contributed by atoms with E-state index in [1.807, 2.05) is 25.1 Å². The highest BCUT2D eigenvalue weighted by atomic mass is 16.5. The Labute approximate surface area is 107 Å². The molecule has 1 aliphatic heterocycles. The van der Waals surface area contributed by atoms with Crippen LogP contribution in [-0.2, 0) is 11.2 Å². The van der Waals surface area contributed by atoms with Gasteiger partial charge in [-0.05, 0) is 18.6 Å². The minimum Gasteiger partial charge on any atom is -0.488 e. The van der Waals surface area contributed by atoms with E-state index in [0.29, 0.717) is 6.54 Å². The van der Waals surface area contributed by atoms with Gasteiger partial charge < -0.3 is 15.2 Å². The summed E-state index contributed by atoms with van der Waals surface area (Å²) in [4.78, 5) is 10.8. The lowest BCUT2D eigenvalue weighted by Crippen LogP contribution is -2.41. The average Bonchev–Trinajstić information content (AvgIpc) is 2.77. The Morgan fingerprint density at radius 1 is 1.50 bits per heavy atom. The van der Waals surface area contributed by atoms with Gasteiger partial charge in [-0.3, -0.25) is 4.79 Å². The maximum Gasteiger partial charge on any atom is 0.307 e. The van der Waals surface area contributed by atoms with Crippen LogP contribution >= 0.6 is 0 Å². The van der Waals surface area contributed by atoms with Crippen molar-refractivity contribution in [3.05, 3.63) is 29.8 Å². The Morgan fingerprint density at radius 3 is 2.89 bits per heavy atom. The van der Waals surface area contributed by atoms with E-state index in [-0.39, 0.29) is 12.1 Å². The van der Waals surface area contributed by atoms with Gasteiger partial charge in [-0.1, -0.05) is 25.1 Å². The van der Waals surface area contributed by atoms with Crippen LogP contribution in [0.5, 0.6) is 5.75 Å². The molecule has 98 valence electrons. The van der Waals surface area contributed by atoms with Crippen molar-refractivity contribution in [2.75, 3.05) is 6.54 Å². The number of fused-ring (bicyclic) bond motifs is 1. The van der Waals surface area contributed by atoms with E-state index in [1.54, 1.807) is 6.92 Å². The number of para-hydroxylation sites is 1. The number of nitrogens with one attached hydrogen (secondary N) is 1. The molecule has 0 aliphatic carbocycles. The molecule has 1 aromatic carbocycles. The Kier molecular flexibility index (Phi) is 3.87. The lowest BCUT2D eigenvalue weighted by atomic mass is 10.0. The van der Waals surface area contributed by atoms with Gasteiger partial charge in [-0.25, -0.2) is 0 Å². The van der Waals surface area contributed by atoms with Crippen molar-refractivity contribution in [1.29, 1.82) is 0 Å². The van der Waals surface area contributed by atoms with Crippen LogP contribution < -0.4 is 10.1 Å². The Morgan fingerprint density at radius 2 is 2.22 bits per heavy atom. The fourth-order valence-electron chi connectivity index (χ4n) is 2.08. The molecule has 0 radical (unpaired) electrons. The molecule has 3 atom stereocenters. The Balaban J connectivity index is 1.82. The summed E-state index contributed by atoms with van der Waals surface area (Å²) in [6, 6.07) is 7.95. The summed E-state index contributed by atoms with van der Waals surface area (Å²) in [5.74, 6) is -0.220. The molecule has 1 aromatic rings. The molecule has 0 amide bonds. The van der Waals surface area contributed by atoms with Gasteiger partial charge in [0.2, 0.25) is 0 Å². The molecule has 1 aliphatic rings. The number of hydrogen-bond donors (Lipinski definition) is 2. The SMILES string of the molecule is CC(NCC1Cc2ccccc2O1)C(C)C(=O)O. The molecular weight excluding hydrogens is 230 g/mol. The third kappa shape index (κ3) is 2.82. The van der Waals surface area contributed by atoms with Gasteiger partial charge in [0, 0.05) is 19.0 Å². The summed E-state index contributed by atoms with van der Waals surface area (Å²) in [5, 5.41) is 12.1. The molecular formula is C14H19NO3. The smallest absolute Gasteiger partial charge is 0.307 e. The van der Waals surface area contributed by atoms with E-state index < -0.39 is 11.9 Å². The first kappa shape index (κ1) is 12.9. The monoisotopic (exact) mass is 249 g/mol. The van der Waals surface area contributed by atoms with E-state index >= 15 is 0 Å². The van der Waals surface area contributed by atoms with E-state index in [1.165, 1.54) is 5.56 Å². The van der Waals surface area contributed by atoms with Crippen LogP contribution in [0.25, 0.3) is 0 Å². The van der Waals surface area contributed by atoms with Crippen LogP contribution in [0.2, 0.25) is 0 Å². The summed E-state index contributed by atoms with van der Waals surface area (Å²) >= 11 is 0. The third-order valence-electron chi connectivity index (χ3n) is 3.52. The second-order valence-corrected chi connectivity index (χ2v) is 4.88. The number of rotatable bonds is 5. The summed E-state index contributed by atoms with van der Waals surface area (Å²) in [7, 11) is 0. The van der Waals surface area contributed by atoms with Crippen LogP contribution in [0, 0.1) is 5.92 Å². The van der Waals surface area contributed by atoms with Crippen molar-refractivity contribution in [2.45, 2.75) is 32.4 Å². The van der Waals surface area contributed by atoms with Gasteiger partial charge in [0.05, 0.1) is 5.92 Å². The van der Waals surface area contributed by atoms with Gasteiger partial charge in [0.25, 0.3) is 0 Å². The van der Waals surface area contributed by atoms with Crippen molar-refractivity contribution in [1.82, 2.24) is 5.32 Å². The van der Waals surface area contributed by atoms with E-state index in [4.69, 9.17) is 9.84 Å². The largest absolute Gasteiger partial charge is 0.488 e. The summed E-state index contributed by atoms with van der Waals surface area (Å²) in [5.41, 5.74) is 1.23. The second-order valence-electron chi connectivity index (χ2n) is 4.88. The number of aliphatic carboxylic acids is 1. The molecule has 3 unspecified atom stereocenters. The zero-order valence-electron chi connectivity index (χ0n) is 10.7. The topological polar surface area (TPSA) is 58.6 Å². The van der Waals surface area contributed by atoms with Gasteiger partial charge in [0.15, 0.2) is 0 Å². The van der Waals surface area contributed by atoms with Crippen molar-refractivity contribution < 1.29 is 14.6 Å². The number of carboxylic acids is 1. The zero-order chi connectivity index (χ0) is 13.1. The summed E-state index contributed by atoms with van der Waals surface area (Å²) in [6.45, 7) is 4.28. The molecule has 4 nitrogen and oxygen atoms in total. The van der Waals surface area contributed by atoms with Crippen LogP contribution in [-0.4, -0.2) is 29.8 Å². The van der Waals surface area contributed by atoms with E-state index in [0.717, 1.165) is 12.2 Å². The molecule has 0 aromatic heterocycles. The number of carbonyl (C=O) groups is 1. The van der Waals surface area contributed by atoms with Gasteiger partial charge >= 0.3 is 5.97 Å². The number of hydrogen-bond acceptors (Lipinski definition) is 3. The van der Waals surface area contributed by atoms with E-state index in [2.05, 4.69) is 11.4 Å². The molecule has 1 heterocycles.